The number of carbonyl (C=O) groups is 1. The monoisotopic (exact) mass is 298 g/mol. The van der Waals surface area contributed by atoms with Crippen LogP contribution in [0, 0.1) is 6.92 Å². The van der Waals surface area contributed by atoms with Crippen molar-refractivity contribution in [2.24, 2.45) is 7.05 Å². The van der Waals surface area contributed by atoms with Crippen LogP contribution in [0.2, 0.25) is 0 Å². The quantitative estimate of drug-likeness (QED) is 0.808. The van der Waals surface area contributed by atoms with Gasteiger partial charge in [-0.3, -0.25) is 14.8 Å². The van der Waals surface area contributed by atoms with Crippen LogP contribution in [0.3, 0.4) is 0 Å². The van der Waals surface area contributed by atoms with Crippen LogP contribution in [-0.2, 0) is 7.05 Å². The average molecular weight is 298 g/mol. The molecule has 3 aromatic rings. The van der Waals surface area contributed by atoms with E-state index in [-0.39, 0.29) is 5.91 Å². The fourth-order valence-corrected chi connectivity index (χ4v) is 2.72. The minimum absolute atomic E-state index is 0.249. The molecule has 0 spiro atoms. The molecule has 0 atom stereocenters. The van der Waals surface area contributed by atoms with E-state index in [0.717, 1.165) is 16.8 Å². The zero-order valence-electron chi connectivity index (χ0n) is 11.7. The van der Waals surface area contributed by atoms with Crippen LogP contribution in [0.25, 0.3) is 11.3 Å². The Morgan fingerprint density at radius 1 is 1.29 bits per heavy atom. The Bertz CT molecular complexity index is 790. The maximum atomic E-state index is 12.0. The number of benzene rings is 1. The van der Waals surface area contributed by atoms with Crippen molar-refractivity contribution in [1.82, 2.24) is 14.8 Å². The molecule has 1 N–H and O–H groups in total. The van der Waals surface area contributed by atoms with Gasteiger partial charge in [-0.05, 0) is 18.6 Å². The summed E-state index contributed by atoms with van der Waals surface area (Å²) in [5.74, 6) is -0.249. The van der Waals surface area contributed by atoms with Gasteiger partial charge in [-0.25, -0.2) is 4.98 Å². The lowest BCUT2D eigenvalue weighted by molar-refractivity contribution is 0.102. The lowest BCUT2D eigenvalue weighted by atomic mass is 10.1. The third-order valence-electron chi connectivity index (χ3n) is 3.09. The fourth-order valence-electron chi connectivity index (χ4n) is 2.01. The van der Waals surface area contributed by atoms with Gasteiger partial charge in [0.05, 0.1) is 5.69 Å². The van der Waals surface area contributed by atoms with Crippen molar-refractivity contribution in [3.8, 4) is 11.3 Å². The van der Waals surface area contributed by atoms with Crippen LogP contribution in [0.5, 0.6) is 0 Å². The Balaban J connectivity index is 1.80. The van der Waals surface area contributed by atoms with Gasteiger partial charge in [-0.2, -0.15) is 5.10 Å². The predicted molar refractivity (Wildman–Crippen MR) is 83.4 cm³/mol. The second-order valence-corrected chi connectivity index (χ2v) is 5.54. The zero-order chi connectivity index (χ0) is 14.8. The van der Waals surface area contributed by atoms with Gasteiger partial charge in [0.2, 0.25) is 0 Å². The fraction of sp³-hybridized carbons (Fsp3) is 0.133. The Morgan fingerprint density at radius 3 is 2.81 bits per heavy atom. The molecule has 2 heterocycles. The van der Waals surface area contributed by atoms with Crippen molar-refractivity contribution < 1.29 is 4.79 Å². The van der Waals surface area contributed by atoms with Gasteiger partial charge in [-0.15, -0.1) is 11.3 Å². The van der Waals surface area contributed by atoms with E-state index in [2.05, 4.69) is 15.4 Å². The van der Waals surface area contributed by atoms with Crippen LogP contribution >= 0.6 is 11.3 Å². The minimum atomic E-state index is -0.249. The number of hydrogen-bond acceptors (Lipinski definition) is 4. The smallest absolute Gasteiger partial charge is 0.277 e. The van der Waals surface area contributed by atoms with Crippen LogP contribution in [0.4, 0.5) is 5.13 Å². The number of nitrogens with zero attached hydrogens (tertiary/aromatic N) is 3. The normalized spacial score (nSPS) is 10.6. The lowest BCUT2D eigenvalue weighted by Gasteiger charge is -2.01. The number of amides is 1. The molecule has 6 heteroatoms. The highest BCUT2D eigenvalue weighted by atomic mass is 32.1. The summed E-state index contributed by atoms with van der Waals surface area (Å²) in [4.78, 5) is 16.5. The summed E-state index contributed by atoms with van der Waals surface area (Å²) < 4.78 is 1.59. The van der Waals surface area contributed by atoms with Crippen molar-refractivity contribution in [3.63, 3.8) is 0 Å². The highest BCUT2D eigenvalue weighted by Crippen LogP contribution is 2.27. The third-order valence-corrected chi connectivity index (χ3v) is 3.85. The molecule has 0 unspecified atom stereocenters. The molecule has 0 aliphatic carbocycles. The molecule has 0 saturated carbocycles. The van der Waals surface area contributed by atoms with Gasteiger partial charge in [0.1, 0.15) is 0 Å². The Labute approximate surface area is 126 Å². The van der Waals surface area contributed by atoms with Gasteiger partial charge in [-0.1, -0.05) is 24.3 Å². The van der Waals surface area contributed by atoms with Crippen LogP contribution in [-0.4, -0.2) is 20.7 Å². The number of nitrogens with one attached hydrogen (secondary N) is 1. The van der Waals surface area contributed by atoms with Crippen LogP contribution in [0.15, 0.2) is 41.9 Å². The number of aromatic nitrogens is 3. The van der Waals surface area contributed by atoms with Crippen LogP contribution < -0.4 is 5.32 Å². The summed E-state index contributed by atoms with van der Waals surface area (Å²) in [6.45, 7) is 2.04. The maximum Gasteiger partial charge on any atom is 0.277 e. The average Bonchev–Trinajstić information content (AvgIpc) is 3.08. The minimum Gasteiger partial charge on any atom is -0.296 e. The van der Waals surface area contributed by atoms with Crippen molar-refractivity contribution >= 4 is 22.4 Å². The largest absolute Gasteiger partial charge is 0.296 e. The standard InChI is InChI=1S/C15H14N4OS/c1-10-5-3-4-6-11(10)13-9-21-15(16-13)17-14(20)12-7-8-19(2)18-12/h3-9H,1-2H3,(H,16,17,20). The van der Waals surface area contributed by atoms with E-state index in [0.29, 0.717) is 10.8 Å². The Hall–Kier alpha value is -2.47. The van der Waals surface area contributed by atoms with Gasteiger partial charge in [0.25, 0.3) is 5.91 Å². The molecule has 3 rings (SSSR count). The first-order chi connectivity index (χ1) is 10.1. The number of aryl methyl sites for hydroxylation is 2. The van der Waals surface area contributed by atoms with Gasteiger partial charge in [0.15, 0.2) is 10.8 Å². The summed E-state index contributed by atoms with van der Waals surface area (Å²) >= 11 is 1.41. The summed E-state index contributed by atoms with van der Waals surface area (Å²) in [5, 5.41) is 9.36. The van der Waals surface area contributed by atoms with Gasteiger partial charge >= 0.3 is 0 Å². The number of rotatable bonds is 3. The molecule has 0 bridgehead atoms. The number of hydrogen-bond donors (Lipinski definition) is 1. The highest BCUT2D eigenvalue weighted by molar-refractivity contribution is 7.14. The summed E-state index contributed by atoms with van der Waals surface area (Å²) in [5.41, 5.74) is 3.48. The maximum absolute atomic E-state index is 12.0. The molecule has 0 fully saturated rings. The molecular weight excluding hydrogens is 284 g/mol. The van der Waals surface area contributed by atoms with Crippen molar-refractivity contribution in [2.45, 2.75) is 6.92 Å². The van der Waals surface area contributed by atoms with Crippen LogP contribution in [0.1, 0.15) is 16.1 Å². The SMILES string of the molecule is Cc1ccccc1-c1csc(NC(=O)c2ccn(C)n2)n1. The zero-order valence-corrected chi connectivity index (χ0v) is 12.5. The van der Waals surface area contributed by atoms with E-state index in [1.807, 2.05) is 36.6 Å². The van der Waals surface area contributed by atoms with E-state index in [1.54, 1.807) is 24.0 Å². The first kappa shape index (κ1) is 13.5. The molecule has 0 radical (unpaired) electrons. The molecule has 0 aliphatic rings. The molecule has 21 heavy (non-hydrogen) atoms. The number of thiazole rings is 1. The Kier molecular flexibility index (Phi) is 3.53. The molecule has 1 aromatic carbocycles. The predicted octanol–water partition coefficient (Wildman–Crippen LogP) is 3.10. The third kappa shape index (κ3) is 2.85. The molecule has 106 valence electrons. The molecular formula is C15H14N4OS. The summed E-state index contributed by atoms with van der Waals surface area (Å²) in [6, 6.07) is 9.71. The van der Waals surface area contributed by atoms with E-state index < -0.39 is 0 Å². The summed E-state index contributed by atoms with van der Waals surface area (Å²) in [7, 11) is 1.77. The van der Waals surface area contributed by atoms with Crippen molar-refractivity contribution in [2.75, 3.05) is 5.32 Å². The number of anilines is 1. The molecule has 1 amide bonds. The molecule has 0 aliphatic heterocycles. The summed E-state index contributed by atoms with van der Waals surface area (Å²) in [6.07, 6.45) is 1.73. The lowest BCUT2D eigenvalue weighted by Crippen LogP contribution is -2.12. The second-order valence-electron chi connectivity index (χ2n) is 4.68. The van der Waals surface area contributed by atoms with E-state index in [9.17, 15) is 4.79 Å². The highest BCUT2D eigenvalue weighted by Gasteiger charge is 2.12. The first-order valence-electron chi connectivity index (χ1n) is 6.46. The van der Waals surface area contributed by atoms with E-state index in [1.165, 1.54) is 11.3 Å². The van der Waals surface area contributed by atoms with Gasteiger partial charge in [0, 0.05) is 24.2 Å². The Morgan fingerprint density at radius 2 is 2.10 bits per heavy atom. The molecule has 5 nitrogen and oxygen atoms in total. The second kappa shape index (κ2) is 5.49. The molecule has 2 aromatic heterocycles. The van der Waals surface area contributed by atoms with E-state index in [4.69, 9.17) is 0 Å². The van der Waals surface area contributed by atoms with Crippen molar-refractivity contribution in [1.29, 1.82) is 0 Å². The van der Waals surface area contributed by atoms with E-state index >= 15 is 0 Å². The topological polar surface area (TPSA) is 59.8 Å². The van der Waals surface area contributed by atoms with Crippen molar-refractivity contribution in [3.05, 3.63) is 53.2 Å². The number of carbonyl (C=O) groups excluding carboxylic acids is 1. The molecule has 0 saturated heterocycles. The first-order valence-corrected chi connectivity index (χ1v) is 7.34. The van der Waals surface area contributed by atoms with Gasteiger partial charge < -0.3 is 0 Å².